The quantitative estimate of drug-likeness (QED) is 0.713. The van der Waals surface area contributed by atoms with Gasteiger partial charge in [-0.15, -0.1) is 0 Å². The van der Waals surface area contributed by atoms with Crippen LogP contribution in [0.2, 0.25) is 0 Å². The lowest BCUT2D eigenvalue weighted by molar-refractivity contribution is -0.138. The summed E-state index contributed by atoms with van der Waals surface area (Å²) in [5, 5.41) is 8.95. The minimum atomic E-state index is -4.61. The standard InChI is InChI=1S/C8H6F3NOS/c9-8(10,11)5-3-4(7(12)14)1-2-6(5)13/h1-3,13H,(H2,12,14). The number of aromatic hydroxyl groups is 1. The number of phenolic OH excluding ortho intramolecular Hbond substituents is 1. The van der Waals surface area contributed by atoms with E-state index >= 15 is 0 Å². The monoisotopic (exact) mass is 221 g/mol. The summed E-state index contributed by atoms with van der Waals surface area (Å²) >= 11 is 4.52. The van der Waals surface area contributed by atoms with Gasteiger partial charge in [-0.2, -0.15) is 13.2 Å². The highest BCUT2D eigenvalue weighted by Gasteiger charge is 2.34. The second kappa shape index (κ2) is 3.45. The molecule has 0 fully saturated rings. The van der Waals surface area contributed by atoms with Crippen LogP contribution in [0.15, 0.2) is 18.2 Å². The molecule has 6 heteroatoms. The molecule has 1 aromatic carbocycles. The van der Waals surface area contributed by atoms with Gasteiger partial charge in [0.15, 0.2) is 0 Å². The summed E-state index contributed by atoms with van der Waals surface area (Å²) in [7, 11) is 0. The molecule has 0 bridgehead atoms. The van der Waals surface area contributed by atoms with Gasteiger partial charge < -0.3 is 10.8 Å². The molecule has 0 aliphatic rings. The van der Waals surface area contributed by atoms with E-state index in [2.05, 4.69) is 12.2 Å². The fourth-order valence-electron chi connectivity index (χ4n) is 0.916. The second-order valence-corrected chi connectivity index (χ2v) is 3.03. The van der Waals surface area contributed by atoms with Crippen molar-refractivity contribution >= 4 is 17.2 Å². The van der Waals surface area contributed by atoms with Gasteiger partial charge in [0.2, 0.25) is 0 Å². The minimum absolute atomic E-state index is 0.0742. The molecule has 0 heterocycles. The van der Waals surface area contributed by atoms with Crippen molar-refractivity contribution in [3.63, 3.8) is 0 Å². The van der Waals surface area contributed by atoms with Gasteiger partial charge in [0.05, 0.1) is 5.56 Å². The van der Waals surface area contributed by atoms with Gasteiger partial charge in [-0.05, 0) is 18.2 Å². The number of benzene rings is 1. The Morgan fingerprint density at radius 3 is 2.36 bits per heavy atom. The molecule has 14 heavy (non-hydrogen) atoms. The van der Waals surface area contributed by atoms with Crippen LogP contribution in [0.4, 0.5) is 13.2 Å². The molecule has 0 aliphatic heterocycles. The Balaban J connectivity index is 3.29. The first kappa shape index (κ1) is 10.8. The highest BCUT2D eigenvalue weighted by Crippen LogP contribution is 2.35. The molecule has 2 nitrogen and oxygen atoms in total. The largest absolute Gasteiger partial charge is 0.507 e. The third-order valence-corrected chi connectivity index (χ3v) is 1.82. The van der Waals surface area contributed by atoms with Crippen LogP contribution >= 0.6 is 12.2 Å². The van der Waals surface area contributed by atoms with Gasteiger partial charge in [-0.1, -0.05) is 12.2 Å². The van der Waals surface area contributed by atoms with E-state index in [1.54, 1.807) is 0 Å². The Bertz CT molecular complexity index is 375. The van der Waals surface area contributed by atoms with Crippen LogP contribution in [0.3, 0.4) is 0 Å². The Labute approximate surface area is 83.2 Å². The maximum Gasteiger partial charge on any atom is 0.419 e. The molecule has 0 saturated heterocycles. The molecular weight excluding hydrogens is 215 g/mol. The van der Waals surface area contributed by atoms with E-state index in [9.17, 15) is 13.2 Å². The number of nitrogens with two attached hydrogens (primary N) is 1. The van der Waals surface area contributed by atoms with E-state index in [1.807, 2.05) is 0 Å². The Morgan fingerprint density at radius 1 is 1.36 bits per heavy atom. The van der Waals surface area contributed by atoms with E-state index in [0.29, 0.717) is 0 Å². The maximum atomic E-state index is 12.2. The van der Waals surface area contributed by atoms with Gasteiger partial charge >= 0.3 is 6.18 Å². The van der Waals surface area contributed by atoms with Crippen molar-refractivity contribution in [2.24, 2.45) is 5.73 Å². The average Bonchev–Trinajstić information content (AvgIpc) is 2.02. The number of phenols is 1. The summed E-state index contributed by atoms with van der Waals surface area (Å²) in [5.41, 5.74) is 4.10. The predicted octanol–water partition coefficient (Wildman–Crippen LogP) is 2.05. The third-order valence-electron chi connectivity index (χ3n) is 1.59. The van der Waals surface area contributed by atoms with E-state index in [4.69, 9.17) is 10.8 Å². The van der Waals surface area contributed by atoms with Crippen molar-refractivity contribution in [2.45, 2.75) is 6.18 Å². The molecule has 1 aromatic rings. The molecule has 0 saturated carbocycles. The normalized spacial score (nSPS) is 11.4. The topological polar surface area (TPSA) is 46.2 Å². The zero-order chi connectivity index (χ0) is 10.9. The highest BCUT2D eigenvalue weighted by atomic mass is 32.1. The van der Waals surface area contributed by atoms with Crippen LogP contribution in [0, 0.1) is 0 Å². The molecule has 0 aliphatic carbocycles. The number of alkyl halides is 3. The molecule has 0 atom stereocenters. The fourth-order valence-corrected chi connectivity index (χ4v) is 1.04. The first-order chi connectivity index (χ1) is 6.32. The van der Waals surface area contributed by atoms with E-state index in [0.717, 1.165) is 12.1 Å². The zero-order valence-corrected chi connectivity index (χ0v) is 7.62. The van der Waals surface area contributed by atoms with Crippen LogP contribution in [-0.2, 0) is 6.18 Å². The highest BCUT2D eigenvalue weighted by molar-refractivity contribution is 7.80. The Hall–Kier alpha value is -1.30. The molecule has 0 radical (unpaired) electrons. The summed E-state index contributed by atoms with van der Waals surface area (Å²) in [5.74, 6) is -0.836. The van der Waals surface area contributed by atoms with Crippen LogP contribution < -0.4 is 5.73 Å². The van der Waals surface area contributed by atoms with Crippen molar-refractivity contribution in [3.05, 3.63) is 29.3 Å². The zero-order valence-electron chi connectivity index (χ0n) is 6.80. The summed E-state index contributed by atoms with van der Waals surface area (Å²) in [6.45, 7) is 0. The molecule has 0 unspecified atom stereocenters. The number of hydrogen-bond donors (Lipinski definition) is 2. The smallest absolute Gasteiger partial charge is 0.419 e. The van der Waals surface area contributed by atoms with Crippen molar-refractivity contribution in [3.8, 4) is 5.75 Å². The van der Waals surface area contributed by atoms with Gasteiger partial charge in [0.25, 0.3) is 0 Å². The molecular formula is C8H6F3NOS. The maximum absolute atomic E-state index is 12.2. The summed E-state index contributed by atoms with van der Waals surface area (Å²) in [6, 6.07) is 2.86. The number of hydrogen-bond acceptors (Lipinski definition) is 2. The molecule has 1 rings (SSSR count). The molecule has 3 N–H and O–H groups in total. The predicted molar refractivity (Wildman–Crippen MR) is 49.0 cm³/mol. The molecule has 0 amide bonds. The summed E-state index contributed by atoms with van der Waals surface area (Å²) in [6.07, 6.45) is -4.61. The first-order valence-corrected chi connectivity index (χ1v) is 3.93. The lowest BCUT2D eigenvalue weighted by Crippen LogP contribution is -2.12. The van der Waals surface area contributed by atoms with Crippen molar-refractivity contribution in [1.82, 2.24) is 0 Å². The van der Waals surface area contributed by atoms with Crippen molar-refractivity contribution < 1.29 is 18.3 Å². The number of halogens is 3. The first-order valence-electron chi connectivity index (χ1n) is 3.52. The van der Waals surface area contributed by atoms with Gasteiger partial charge in [-0.25, -0.2) is 0 Å². The van der Waals surface area contributed by atoms with Gasteiger partial charge in [0, 0.05) is 5.56 Å². The Kier molecular flexibility index (Phi) is 2.66. The van der Waals surface area contributed by atoms with E-state index < -0.39 is 17.5 Å². The molecule has 0 aromatic heterocycles. The Morgan fingerprint density at radius 2 is 1.93 bits per heavy atom. The van der Waals surface area contributed by atoms with Crippen molar-refractivity contribution in [2.75, 3.05) is 0 Å². The van der Waals surface area contributed by atoms with Crippen LogP contribution in [0.25, 0.3) is 0 Å². The average molecular weight is 221 g/mol. The van der Waals surface area contributed by atoms with Crippen LogP contribution in [0.1, 0.15) is 11.1 Å². The van der Waals surface area contributed by atoms with Gasteiger partial charge in [-0.3, -0.25) is 0 Å². The lowest BCUT2D eigenvalue weighted by atomic mass is 10.1. The van der Waals surface area contributed by atoms with Gasteiger partial charge in [0.1, 0.15) is 10.7 Å². The van der Waals surface area contributed by atoms with Crippen LogP contribution in [0.5, 0.6) is 5.75 Å². The number of rotatable bonds is 1. The third kappa shape index (κ3) is 2.14. The van der Waals surface area contributed by atoms with Crippen LogP contribution in [-0.4, -0.2) is 10.1 Å². The van der Waals surface area contributed by atoms with Crippen molar-refractivity contribution in [1.29, 1.82) is 0 Å². The fraction of sp³-hybridized carbons (Fsp3) is 0.125. The molecule has 76 valence electrons. The lowest BCUT2D eigenvalue weighted by Gasteiger charge is -2.09. The second-order valence-electron chi connectivity index (χ2n) is 2.59. The number of thiocarbonyl (C=S) groups is 1. The summed E-state index contributed by atoms with van der Waals surface area (Å²) < 4.78 is 36.7. The minimum Gasteiger partial charge on any atom is -0.507 e. The van der Waals surface area contributed by atoms with E-state index in [-0.39, 0.29) is 10.6 Å². The SMILES string of the molecule is NC(=S)c1ccc(O)c(C(F)(F)F)c1. The molecule has 0 spiro atoms. The van der Waals surface area contributed by atoms with E-state index in [1.165, 1.54) is 6.07 Å². The summed E-state index contributed by atoms with van der Waals surface area (Å²) in [4.78, 5) is -0.143.